The maximum atomic E-state index is 13.5. The van der Waals surface area contributed by atoms with E-state index in [9.17, 15) is 18.3 Å². The lowest BCUT2D eigenvalue weighted by Gasteiger charge is -2.20. The number of hydrogen-bond donors (Lipinski definition) is 2. The number of aryl methyl sites for hydroxylation is 1. The molecule has 156 valence electrons. The average molecular weight is 454 g/mol. The lowest BCUT2D eigenvalue weighted by atomic mass is 10.1. The van der Waals surface area contributed by atoms with Gasteiger partial charge in [0.15, 0.2) is 5.84 Å². The molecule has 0 saturated heterocycles. The average Bonchev–Trinajstić information content (AvgIpc) is 3.16. The van der Waals surface area contributed by atoms with Crippen LogP contribution in [-0.4, -0.2) is 33.9 Å². The number of para-hydroxylation sites is 1. The van der Waals surface area contributed by atoms with Crippen LogP contribution < -0.4 is 10.9 Å². The van der Waals surface area contributed by atoms with E-state index in [-0.39, 0.29) is 39.9 Å². The Morgan fingerprint density at radius 1 is 1.16 bits per heavy atom. The molecule has 4 heterocycles. The molecule has 5 rings (SSSR count). The van der Waals surface area contributed by atoms with Crippen LogP contribution in [-0.2, 0) is 16.6 Å². The van der Waals surface area contributed by atoms with Gasteiger partial charge in [0.05, 0.1) is 22.6 Å². The smallest absolute Gasteiger partial charge is 0.286 e. The zero-order valence-corrected chi connectivity index (χ0v) is 17.7. The Labute approximate surface area is 180 Å². The molecule has 1 aliphatic heterocycles. The van der Waals surface area contributed by atoms with Crippen molar-refractivity contribution in [2.75, 3.05) is 5.32 Å². The van der Waals surface area contributed by atoms with E-state index in [1.54, 1.807) is 36.5 Å². The molecule has 0 aliphatic carbocycles. The van der Waals surface area contributed by atoms with E-state index in [2.05, 4.69) is 19.7 Å². The normalized spacial score (nSPS) is 14.7. The predicted octanol–water partition coefficient (Wildman–Crippen LogP) is 2.48. The van der Waals surface area contributed by atoms with Gasteiger partial charge in [-0.25, -0.2) is 9.97 Å². The van der Waals surface area contributed by atoms with E-state index in [0.29, 0.717) is 5.39 Å². The van der Waals surface area contributed by atoms with Gasteiger partial charge in [-0.3, -0.25) is 9.36 Å². The molecule has 1 aromatic carbocycles. The number of fused-ring (bicyclic) bond motifs is 2. The van der Waals surface area contributed by atoms with E-state index in [1.807, 2.05) is 6.92 Å². The van der Waals surface area contributed by atoms with E-state index < -0.39 is 15.6 Å². The molecule has 31 heavy (non-hydrogen) atoms. The number of amidine groups is 1. The second kappa shape index (κ2) is 7.00. The zero-order chi connectivity index (χ0) is 21.8. The highest BCUT2D eigenvalue weighted by Gasteiger charge is 2.29. The second-order valence-corrected chi connectivity index (χ2v) is 9.76. The molecule has 9 nitrogen and oxygen atoms in total. The van der Waals surface area contributed by atoms with Crippen LogP contribution in [0, 0.1) is 6.92 Å². The summed E-state index contributed by atoms with van der Waals surface area (Å²) in [5, 5.41) is 14.9. The minimum Gasteiger partial charge on any atom is -0.506 e. The van der Waals surface area contributed by atoms with Crippen LogP contribution >= 0.6 is 11.3 Å². The first-order chi connectivity index (χ1) is 14.8. The number of thiazole rings is 1. The Balaban J connectivity index is 1.77. The van der Waals surface area contributed by atoms with Gasteiger partial charge in [0, 0.05) is 17.3 Å². The Morgan fingerprint density at radius 3 is 2.74 bits per heavy atom. The molecule has 0 spiro atoms. The molecule has 0 saturated carbocycles. The molecule has 11 heteroatoms. The standard InChI is InChI=1S/C20H15N5O4S2/c1-11-22-9-12(30-11)10-25-19-13(5-4-8-21-19)17(26)16(20(25)27)18-23-14-6-2-3-7-15(14)31(28,29)24-18/h2-9,26H,10H2,1H3,(H,23,24). The minimum absolute atomic E-state index is 0.00107. The van der Waals surface area contributed by atoms with Crippen LogP contribution in [0.3, 0.4) is 0 Å². The number of sulfonamides is 1. The largest absolute Gasteiger partial charge is 0.506 e. The summed E-state index contributed by atoms with van der Waals surface area (Å²) in [4.78, 5) is 22.8. The van der Waals surface area contributed by atoms with Gasteiger partial charge in [-0.1, -0.05) is 12.1 Å². The van der Waals surface area contributed by atoms with Crippen molar-refractivity contribution in [2.45, 2.75) is 18.4 Å². The van der Waals surface area contributed by atoms with Crippen LogP contribution in [0.25, 0.3) is 11.0 Å². The van der Waals surface area contributed by atoms with E-state index >= 15 is 0 Å². The van der Waals surface area contributed by atoms with Crippen LogP contribution in [0.5, 0.6) is 5.75 Å². The van der Waals surface area contributed by atoms with Crippen molar-refractivity contribution in [3.05, 3.63) is 74.6 Å². The van der Waals surface area contributed by atoms with Gasteiger partial charge in [-0.2, -0.15) is 8.42 Å². The Bertz CT molecular complexity index is 1550. The second-order valence-electron chi connectivity index (χ2n) is 6.87. The van der Waals surface area contributed by atoms with Crippen molar-refractivity contribution in [1.82, 2.24) is 14.5 Å². The maximum absolute atomic E-state index is 13.5. The summed E-state index contributed by atoms with van der Waals surface area (Å²) >= 11 is 1.43. The maximum Gasteiger partial charge on any atom is 0.286 e. The highest BCUT2D eigenvalue weighted by molar-refractivity contribution is 7.90. The van der Waals surface area contributed by atoms with Gasteiger partial charge in [0.1, 0.15) is 21.9 Å². The molecule has 2 N–H and O–H groups in total. The quantitative estimate of drug-likeness (QED) is 0.488. The van der Waals surface area contributed by atoms with Crippen molar-refractivity contribution in [3.8, 4) is 5.75 Å². The van der Waals surface area contributed by atoms with Crippen molar-refractivity contribution in [1.29, 1.82) is 0 Å². The van der Waals surface area contributed by atoms with Crippen molar-refractivity contribution < 1.29 is 13.5 Å². The number of nitrogens with one attached hydrogen (secondary N) is 1. The highest BCUT2D eigenvalue weighted by atomic mass is 32.2. The third kappa shape index (κ3) is 3.18. The topological polar surface area (TPSA) is 127 Å². The lowest BCUT2D eigenvalue weighted by molar-refractivity contribution is 0.477. The van der Waals surface area contributed by atoms with Crippen LogP contribution in [0.4, 0.5) is 5.69 Å². The summed E-state index contributed by atoms with van der Waals surface area (Å²) in [5.74, 6) is -0.619. The molecular formula is C20H15N5O4S2. The summed E-state index contributed by atoms with van der Waals surface area (Å²) in [6.45, 7) is 2.03. The summed E-state index contributed by atoms with van der Waals surface area (Å²) in [6.07, 6.45) is 3.19. The fourth-order valence-corrected chi connectivity index (χ4v) is 5.39. The number of benzene rings is 1. The van der Waals surface area contributed by atoms with Gasteiger partial charge < -0.3 is 10.4 Å². The van der Waals surface area contributed by atoms with Crippen LogP contribution in [0.2, 0.25) is 0 Å². The molecule has 3 aromatic heterocycles. The minimum atomic E-state index is -4.05. The third-order valence-electron chi connectivity index (χ3n) is 4.84. The number of rotatable bonds is 3. The summed E-state index contributed by atoms with van der Waals surface area (Å²) in [6, 6.07) is 9.48. The number of hydrogen-bond acceptors (Lipinski definition) is 8. The van der Waals surface area contributed by atoms with Gasteiger partial charge in [-0.05, 0) is 31.2 Å². The number of aromatic nitrogens is 3. The Kier molecular flexibility index (Phi) is 4.38. The first kappa shape index (κ1) is 19.4. The van der Waals surface area contributed by atoms with Gasteiger partial charge in [-0.15, -0.1) is 15.7 Å². The van der Waals surface area contributed by atoms with Crippen LogP contribution in [0.15, 0.2) is 62.9 Å². The Morgan fingerprint density at radius 2 is 1.97 bits per heavy atom. The zero-order valence-electron chi connectivity index (χ0n) is 16.1. The fourth-order valence-electron chi connectivity index (χ4n) is 3.48. The lowest BCUT2D eigenvalue weighted by Crippen LogP contribution is -2.33. The first-order valence-corrected chi connectivity index (χ1v) is 11.4. The van der Waals surface area contributed by atoms with E-state index in [4.69, 9.17) is 0 Å². The number of pyridine rings is 2. The van der Waals surface area contributed by atoms with Crippen LogP contribution in [0.1, 0.15) is 15.4 Å². The SMILES string of the molecule is Cc1ncc(Cn2c(=O)c(C3=NS(=O)(=O)c4ccccc4N3)c(O)c3cccnc32)s1. The molecular weight excluding hydrogens is 438 g/mol. The summed E-state index contributed by atoms with van der Waals surface area (Å²) < 4.78 is 30.5. The van der Waals surface area contributed by atoms with E-state index in [0.717, 1.165) is 9.88 Å². The number of aromatic hydroxyl groups is 1. The van der Waals surface area contributed by atoms with Gasteiger partial charge in [0.2, 0.25) is 0 Å². The van der Waals surface area contributed by atoms with E-state index in [1.165, 1.54) is 28.2 Å². The van der Waals surface area contributed by atoms with Gasteiger partial charge >= 0.3 is 0 Å². The van der Waals surface area contributed by atoms with Crippen molar-refractivity contribution in [3.63, 3.8) is 0 Å². The summed E-state index contributed by atoms with van der Waals surface area (Å²) in [7, 11) is -4.05. The third-order valence-corrected chi connectivity index (χ3v) is 7.07. The van der Waals surface area contributed by atoms with Gasteiger partial charge in [0.25, 0.3) is 15.6 Å². The fraction of sp³-hybridized carbons (Fsp3) is 0.100. The molecule has 0 bridgehead atoms. The molecule has 0 amide bonds. The Hall–Kier alpha value is -3.57. The van der Waals surface area contributed by atoms with Crippen molar-refractivity contribution >= 4 is 43.9 Å². The number of nitrogens with zero attached hydrogens (tertiary/aromatic N) is 4. The summed E-state index contributed by atoms with van der Waals surface area (Å²) in [5.41, 5.74) is -0.294. The highest BCUT2D eigenvalue weighted by Crippen LogP contribution is 2.32. The molecule has 0 atom stereocenters. The first-order valence-electron chi connectivity index (χ1n) is 9.18. The monoisotopic (exact) mass is 453 g/mol. The molecule has 4 aromatic rings. The predicted molar refractivity (Wildman–Crippen MR) is 117 cm³/mol. The molecule has 0 fully saturated rings. The van der Waals surface area contributed by atoms with Crippen molar-refractivity contribution in [2.24, 2.45) is 4.40 Å². The molecule has 0 radical (unpaired) electrons. The number of anilines is 1. The molecule has 0 unspecified atom stereocenters. The molecule has 1 aliphatic rings.